The Morgan fingerprint density at radius 2 is 0.581 bits per heavy atom. The minimum absolute atomic E-state index is 0.553. The van der Waals surface area contributed by atoms with Gasteiger partial charge in [-0.2, -0.15) is 0 Å². The highest BCUT2D eigenvalue weighted by atomic mass is 15.2. The number of para-hydroxylation sites is 1. The van der Waals surface area contributed by atoms with Crippen molar-refractivity contribution in [1.29, 1.82) is 0 Å². The number of fused-ring (bicyclic) bond motifs is 18. The second-order valence-corrected chi connectivity index (χ2v) is 16.6. The summed E-state index contributed by atoms with van der Waals surface area (Å²) in [4.78, 5) is 2.62. The highest BCUT2D eigenvalue weighted by Crippen LogP contribution is 2.66. The smallest absolute Gasteiger partial charge is 0.0746 e. The van der Waals surface area contributed by atoms with E-state index in [1.54, 1.807) is 0 Å². The predicted octanol–water partition coefficient (Wildman–Crippen LogP) is 16.1. The fraction of sp³-hybridized carbons (Fsp3) is 0.0164. The first-order chi connectivity index (χ1) is 30.8. The lowest BCUT2D eigenvalue weighted by atomic mass is 9.70. The molecule has 1 heteroatoms. The lowest BCUT2D eigenvalue weighted by molar-refractivity contribution is 0.793. The van der Waals surface area contributed by atoms with Crippen molar-refractivity contribution >= 4 is 17.1 Å². The molecular formula is C61H39N. The van der Waals surface area contributed by atoms with Gasteiger partial charge in [0.2, 0.25) is 0 Å². The minimum atomic E-state index is -0.553. The molecule has 0 amide bonds. The van der Waals surface area contributed by atoms with E-state index in [1.165, 1.54) is 100 Å². The summed E-state index contributed by atoms with van der Waals surface area (Å²) in [6, 6.07) is 88.2. The molecule has 0 fully saturated rings. The molecule has 0 radical (unpaired) electrons. The monoisotopic (exact) mass is 785 g/mol. The van der Waals surface area contributed by atoms with Gasteiger partial charge in [0.1, 0.15) is 0 Å². The SMILES string of the molecule is c1ccc(-c2ccccc2N(c2cccc3c2-c2ccccc2-c2ccccc2-c2ccccc2-3)c2cccc3c2C2(c4ccccc4-c4ccccc42)c2ccccc2-3)cc1. The van der Waals surface area contributed by atoms with Crippen molar-refractivity contribution in [1.82, 2.24) is 0 Å². The van der Waals surface area contributed by atoms with Crippen molar-refractivity contribution in [2.45, 2.75) is 5.41 Å². The molecule has 1 nitrogen and oxygen atoms in total. The Morgan fingerprint density at radius 3 is 1.15 bits per heavy atom. The Morgan fingerprint density at radius 1 is 0.226 bits per heavy atom. The quantitative estimate of drug-likeness (QED) is 0.172. The summed E-state index contributed by atoms with van der Waals surface area (Å²) in [6.45, 7) is 0. The van der Waals surface area contributed by atoms with Gasteiger partial charge in [-0.05, 0) is 102 Å². The van der Waals surface area contributed by atoms with Gasteiger partial charge in [0.25, 0.3) is 0 Å². The first-order valence-electron chi connectivity index (χ1n) is 21.6. The molecule has 0 N–H and O–H groups in total. The van der Waals surface area contributed by atoms with Crippen LogP contribution in [0.4, 0.5) is 17.1 Å². The molecule has 3 aliphatic rings. The molecular weight excluding hydrogens is 747 g/mol. The maximum atomic E-state index is 2.62. The van der Waals surface area contributed by atoms with Gasteiger partial charge in [-0.1, -0.05) is 218 Å². The second-order valence-electron chi connectivity index (χ2n) is 16.6. The van der Waals surface area contributed by atoms with E-state index >= 15 is 0 Å². The van der Waals surface area contributed by atoms with Crippen LogP contribution in [-0.4, -0.2) is 0 Å². The normalized spacial score (nSPS) is 13.0. The van der Waals surface area contributed by atoms with Crippen LogP contribution in [-0.2, 0) is 5.41 Å². The summed E-state index contributed by atoms with van der Waals surface area (Å²) >= 11 is 0. The molecule has 0 aliphatic heterocycles. The van der Waals surface area contributed by atoms with Crippen LogP contribution < -0.4 is 4.90 Å². The van der Waals surface area contributed by atoms with Crippen LogP contribution in [0.1, 0.15) is 22.3 Å². The third kappa shape index (κ3) is 4.74. The molecule has 62 heavy (non-hydrogen) atoms. The fourth-order valence-corrected chi connectivity index (χ4v) is 11.3. The standard InChI is InChI=1S/C61H39N/c1-2-20-40(21-3-1)41-22-13-17-37-56(41)62(57-38-18-32-51-46-26-7-6-25-44(46)42-23-4-5-24-43(42)45-27-8-9-31-50(45)59(51)57)58-39-19-33-52-49-30-12-16-36-55(49)61(60(52)58)53-34-14-10-28-47(53)48-29-11-15-35-54(48)61/h1-39H. The van der Waals surface area contributed by atoms with E-state index in [0.717, 1.165) is 17.1 Å². The number of anilines is 3. The van der Waals surface area contributed by atoms with Gasteiger partial charge in [0.15, 0.2) is 0 Å². The van der Waals surface area contributed by atoms with Crippen LogP contribution in [0.5, 0.6) is 0 Å². The molecule has 0 atom stereocenters. The van der Waals surface area contributed by atoms with E-state index in [9.17, 15) is 0 Å². The molecule has 0 unspecified atom stereocenters. The van der Waals surface area contributed by atoms with Gasteiger partial charge in [0.05, 0.1) is 22.5 Å². The van der Waals surface area contributed by atoms with Crippen molar-refractivity contribution in [3.8, 4) is 77.9 Å². The van der Waals surface area contributed by atoms with Crippen LogP contribution in [0.25, 0.3) is 77.9 Å². The molecule has 1 spiro atoms. The number of hydrogen-bond acceptors (Lipinski definition) is 1. The van der Waals surface area contributed by atoms with Crippen molar-refractivity contribution in [2.24, 2.45) is 0 Å². The van der Waals surface area contributed by atoms with Crippen molar-refractivity contribution in [3.05, 3.63) is 259 Å². The summed E-state index contributed by atoms with van der Waals surface area (Å²) in [7, 11) is 0. The lowest BCUT2D eigenvalue weighted by Crippen LogP contribution is -2.28. The first-order valence-corrected chi connectivity index (χ1v) is 21.6. The summed E-state index contributed by atoms with van der Waals surface area (Å²) < 4.78 is 0. The molecule has 3 aliphatic carbocycles. The molecule has 288 valence electrons. The Kier molecular flexibility index (Phi) is 7.59. The maximum Gasteiger partial charge on any atom is 0.0746 e. The van der Waals surface area contributed by atoms with Crippen molar-refractivity contribution < 1.29 is 0 Å². The third-order valence-electron chi connectivity index (χ3n) is 13.7. The van der Waals surface area contributed by atoms with Gasteiger partial charge < -0.3 is 4.90 Å². The molecule has 10 aromatic rings. The molecule has 13 rings (SSSR count). The van der Waals surface area contributed by atoms with Crippen LogP contribution >= 0.6 is 0 Å². The third-order valence-corrected chi connectivity index (χ3v) is 13.7. The summed E-state index contributed by atoms with van der Waals surface area (Å²) in [5, 5.41) is 0. The van der Waals surface area contributed by atoms with Crippen LogP contribution in [0, 0.1) is 0 Å². The average Bonchev–Trinajstić information content (AvgIpc) is 3.82. The van der Waals surface area contributed by atoms with Crippen LogP contribution in [0.3, 0.4) is 0 Å². The zero-order valence-electron chi connectivity index (χ0n) is 34.0. The largest absolute Gasteiger partial charge is 0.309 e. The van der Waals surface area contributed by atoms with Crippen molar-refractivity contribution in [2.75, 3.05) is 4.90 Å². The first kappa shape index (κ1) is 34.8. The minimum Gasteiger partial charge on any atom is -0.309 e. The topological polar surface area (TPSA) is 3.24 Å². The number of rotatable bonds is 4. The Hall–Kier alpha value is -8.00. The van der Waals surface area contributed by atoms with E-state index < -0.39 is 5.41 Å². The summed E-state index contributed by atoms with van der Waals surface area (Å²) in [6.07, 6.45) is 0. The molecule has 0 heterocycles. The Bertz CT molecular complexity index is 3360. The summed E-state index contributed by atoms with van der Waals surface area (Å²) in [5.74, 6) is 0. The summed E-state index contributed by atoms with van der Waals surface area (Å²) in [5.41, 5.74) is 25.5. The highest BCUT2D eigenvalue weighted by Gasteiger charge is 2.53. The predicted molar refractivity (Wildman–Crippen MR) is 258 cm³/mol. The second kappa shape index (κ2) is 13.5. The lowest BCUT2D eigenvalue weighted by Gasteiger charge is -2.37. The fourth-order valence-electron chi connectivity index (χ4n) is 11.3. The van der Waals surface area contributed by atoms with E-state index in [-0.39, 0.29) is 0 Å². The van der Waals surface area contributed by atoms with Gasteiger partial charge >= 0.3 is 0 Å². The van der Waals surface area contributed by atoms with Gasteiger partial charge in [0, 0.05) is 16.7 Å². The van der Waals surface area contributed by atoms with Gasteiger partial charge in [-0.25, -0.2) is 0 Å². The Balaban J connectivity index is 1.20. The maximum absolute atomic E-state index is 2.62. The zero-order valence-corrected chi connectivity index (χ0v) is 34.0. The number of nitrogens with zero attached hydrogens (tertiary/aromatic N) is 1. The molecule has 10 aromatic carbocycles. The van der Waals surface area contributed by atoms with E-state index in [4.69, 9.17) is 0 Å². The molecule has 0 saturated carbocycles. The highest BCUT2D eigenvalue weighted by molar-refractivity contribution is 6.09. The zero-order chi connectivity index (χ0) is 40.8. The molecule has 0 aromatic heterocycles. The molecule has 0 saturated heterocycles. The number of benzene rings is 10. The van der Waals surface area contributed by atoms with Gasteiger partial charge in [-0.3, -0.25) is 0 Å². The van der Waals surface area contributed by atoms with Crippen molar-refractivity contribution in [3.63, 3.8) is 0 Å². The Labute approximate surface area is 362 Å². The van der Waals surface area contributed by atoms with E-state index in [1.807, 2.05) is 0 Å². The van der Waals surface area contributed by atoms with E-state index in [2.05, 4.69) is 241 Å². The van der Waals surface area contributed by atoms with Crippen LogP contribution in [0.15, 0.2) is 237 Å². The van der Waals surface area contributed by atoms with Crippen LogP contribution in [0.2, 0.25) is 0 Å². The average molecular weight is 786 g/mol. The van der Waals surface area contributed by atoms with E-state index in [0.29, 0.717) is 0 Å². The van der Waals surface area contributed by atoms with Gasteiger partial charge in [-0.15, -0.1) is 0 Å². The molecule has 0 bridgehead atoms. The number of hydrogen-bond donors (Lipinski definition) is 0.